The summed E-state index contributed by atoms with van der Waals surface area (Å²) in [5.74, 6) is 0.441. The molecule has 1 heterocycles. The molecule has 1 aromatic heterocycles. The minimum Gasteiger partial charge on any atom is -0.493 e. The van der Waals surface area contributed by atoms with E-state index in [4.69, 9.17) is 14.5 Å². The molecule has 0 amide bonds. The molecule has 3 aromatic carbocycles. The summed E-state index contributed by atoms with van der Waals surface area (Å²) in [7, 11) is 1.61. The third kappa shape index (κ3) is 5.34. The van der Waals surface area contributed by atoms with Gasteiger partial charge in [0.25, 0.3) is 0 Å². The van der Waals surface area contributed by atoms with Crippen LogP contribution in [0, 0.1) is 0 Å². The summed E-state index contributed by atoms with van der Waals surface area (Å²) in [6.07, 6.45) is 2.41. The van der Waals surface area contributed by atoms with Crippen molar-refractivity contribution in [2.24, 2.45) is 0 Å². The number of hydrogen-bond donors (Lipinski definition) is 1. The van der Waals surface area contributed by atoms with E-state index in [-0.39, 0.29) is 6.42 Å². The Morgan fingerprint density at radius 2 is 1.78 bits per heavy atom. The molecule has 0 unspecified atom stereocenters. The van der Waals surface area contributed by atoms with Gasteiger partial charge in [-0.3, -0.25) is 4.79 Å². The van der Waals surface area contributed by atoms with Crippen LogP contribution in [0.5, 0.6) is 11.5 Å². The standard InChI is InChI=1S/C26H23NO4S/c1-30-22-13-11-19(16-23(22)31-17-18-7-3-2-4-8-18)15-20(12-14-25(28)29)26-27-21-9-5-6-10-24(21)32-26/h2-11,13,15-16H,12,14,17H2,1H3,(H,28,29). The fourth-order valence-corrected chi connectivity index (χ4v) is 4.33. The second-order valence-corrected chi connectivity index (χ2v) is 8.27. The van der Waals surface area contributed by atoms with Gasteiger partial charge in [0.1, 0.15) is 11.6 Å². The van der Waals surface area contributed by atoms with Crippen molar-refractivity contribution in [3.63, 3.8) is 0 Å². The molecule has 162 valence electrons. The molecule has 0 atom stereocenters. The first-order valence-electron chi connectivity index (χ1n) is 10.3. The van der Waals surface area contributed by atoms with E-state index in [1.165, 1.54) is 0 Å². The highest BCUT2D eigenvalue weighted by Crippen LogP contribution is 2.34. The minimum atomic E-state index is -0.835. The summed E-state index contributed by atoms with van der Waals surface area (Å²) in [5, 5.41) is 10.1. The number of hydrogen-bond acceptors (Lipinski definition) is 5. The first-order chi connectivity index (χ1) is 15.6. The number of methoxy groups -OCH3 is 1. The summed E-state index contributed by atoms with van der Waals surface area (Å²) in [6, 6.07) is 23.6. The topological polar surface area (TPSA) is 68.7 Å². The van der Waals surface area contributed by atoms with E-state index < -0.39 is 5.97 Å². The first-order valence-corrected chi connectivity index (χ1v) is 11.1. The summed E-state index contributed by atoms with van der Waals surface area (Å²) >= 11 is 1.57. The molecule has 0 fully saturated rings. The van der Waals surface area contributed by atoms with E-state index in [0.29, 0.717) is 24.5 Å². The maximum absolute atomic E-state index is 11.2. The Bertz CT molecular complexity index is 1210. The molecule has 32 heavy (non-hydrogen) atoms. The molecular formula is C26H23NO4S. The van der Waals surface area contributed by atoms with E-state index in [0.717, 1.165) is 31.9 Å². The first kappa shape index (κ1) is 21.6. The molecule has 0 aliphatic heterocycles. The van der Waals surface area contributed by atoms with Crippen molar-refractivity contribution in [3.05, 3.63) is 88.9 Å². The Balaban J connectivity index is 1.66. The van der Waals surface area contributed by atoms with Crippen LogP contribution in [0.25, 0.3) is 21.9 Å². The zero-order valence-electron chi connectivity index (χ0n) is 17.7. The molecule has 1 N–H and O–H groups in total. The number of carboxylic acids is 1. The molecule has 0 aliphatic rings. The highest BCUT2D eigenvalue weighted by atomic mass is 32.1. The quantitative estimate of drug-likeness (QED) is 0.328. The Hall–Kier alpha value is -3.64. The number of fused-ring (bicyclic) bond motifs is 1. The average Bonchev–Trinajstić information content (AvgIpc) is 3.25. The third-order valence-corrected chi connectivity index (χ3v) is 6.05. The number of carbonyl (C=O) groups is 1. The second-order valence-electron chi connectivity index (χ2n) is 7.23. The van der Waals surface area contributed by atoms with E-state index in [1.807, 2.05) is 78.9 Å². The van der Waals surface area contributed by atoms with Gasteiger partial charge in [0.05, 0.1) is 17.3 Å². The van der Waals surface area contributed by atoms with Gasteiger partial charge in [-0.05, 0) is 53.5 Å². The number of carboxylic acid groups (broad SMARTS) is 1. The number of benzene rings is 3. The number of aromatic nitrogens is 1. The lowest BCUT2D eigenvalue weighted by Crippen LogP contribution is -1.98. The van der Waals surface area contributed by atoms with Crippen molar-refractivity contribution < 1.29 is 19.4 Å². The van der Waals surface area contributed by atoms with Crippen molar-refractivity contribution >= 4 is 39.2 Å². The van der Waals surface area contributed by atoms with Crippen LogP contribution in [-0.2, 0) is 11.4 Å². The largest absolute Gasteiger partial charge is 0.493 e. The van der Waals surface area contributed by atoms with Crippen LogP contribution < -0.4 is 9.47 Å². The maximum Gasteiger partial charge on any atom is 0.303 e. The lowest BCUT2D eigenvalue weighted by molar-refractivity contribution is -0.136. The van der Waals surface area contributed by atoms with Gasteiger partial charge in [0.2, 0.25) is 0 Å². The van der Waals surface area contributed by atoms with Gasteiger partial charge < -0.3 is 14.6 Å². The highest BCUT2D eigenvalue weighted by molar-refractivity contribution is 7.19. The number of nitrogens with zero attached hydrogens (tertiary/aromatic N) is 1. The van der Waals surface area contributed by atoms with Crippen LogP contribution in [0.3, 0.4) is 0 Å². The summed E-state index contributed by atoms with van der Waals surface area (Å²) in [5.41, 5.74) is 3.75. The number of thiazole rings is 1. The molecule has 0 saturated carbocycles. The summed E-state index contributed by atoms with van der Waals surface area (Å²) < 4.78 is 12.6. The fraction of sp³-hybridized carbons (Fsp3) is 0.154. The van der Waals surface area contributed by atoms with Crippen LogP contribution in [0.2, 0.25) is 0 Å². The van der Waals surface area contributed by atoms with Crippen LogP contribution >= 0.6 is 11.3 Å². The lowest BCUT2D eigenvalue weighted by Gasteiger charge is -2.12. The van der Waals surface area contributed by atoms with Crippen LogP contribution in [-0.4, -0.2) is 23.2 Å². The van der Waals surface area contributed by atoms with Crippen LogP contribution in [0.4, 0.5) is 0 Å². The Kier molecular flexibility index (Phi) is 6.82. The second kappa shape index (κ2) is 10.1. The van der Waals surface area contributed by atoms with Gasteiger partial charge in [0, 0.05) is 6.42 Å². The number of ether oxygens (including phenoxy) is 2. The molecule has 4 aromatic rings. The fourth-order valence-electron chi connectivity index (χ4n) is 3.32. The van der Waals surface area contributed by atoms with E-state index >= 15 is 0 Å². The molecular weight excluding hydrogens is 422 g/mol. The molecule has 5 nitrogen and oxygen atoms in total. The van der Waals surface area contributed by atoms with Gasteiger partial charge in [0.15, 0.2) is 11.5 Å². The Labute approximate surface area is 190 Å². The predicted octanol–water partition coefficient (Wildman–Crippen LogP) is 6.29. The number of allylic oxidation sites excluding steroid dienone is 1. The molecule has 0 bridgehead atoms. The predicted molar refractivity (Wildman–Crippen MR) is 128 cm³/mol. The molecule has 0 spiro atoms. The molecule has 0 aliphatic carbocycles. The van der Waals surface area contributed by atoms with Crippen molar-refractivity contribution in [1.29, 1.82) is 0 Å². The third-order valence-electron chi connectivity index (χ3n) is 4.94. The zero-order valence-corrected chi connectivity index (χ0v) is 18.5. The van der Waals surface area contributed by atoms with E-state index in [9.17, 15) is 9.90 Å². The van der Waals surface area contributed by atoms with Crippen LogP contribution in [0.15, 0.2) is 72.8 Å². The van der Waals surface area contributed by atoms with Crippen molar-refractivity contribution in [1.82, 2.24) is 4.98 Å². The molecule has 0 saturated heterocycles. The maximum atomic E-state index is 11.2. The van der Waals surface area contributed by atoms with Crippen molar-refractivity contribution in [2.75, 3.05) is 7.11 Å². The van der Waals surface area contributed by atoms with Gasteiger partial charge in [-0.25, -0.2) is 4.98 Å². The minimum absolute atomic E-state index is 0.0370. The average molecular weight is 446 g/mol. The molecule has 0 radical (unpaired) electrons. The van der Waals surface area contributed by atoms with Gasteiger partial charge >= 0.3 is 5.97 Å². The number of rotatable bonds is 9. The van der Waals surface area contributed by atoms with Crippen molar-refractivity contribution in [2.45, 2.75) is 19.4 Å². The summed E-state index contributed by atoms with van der Waals surface area (Å²) in [4.78, 5) is 16.0. The van der Waals surface area contributed by atoms with E-state index in [2.05, 4.69) is 0 Å². The van der Waals surface area contributed by atoms with Gasteiger partial charge in [-0.2, -0.15) is 0 Å². The van der Waals surface area contributed by atoms with Gasteiger partial charge in [-0.15, -0.1) is 11.3 Å². The lowest BCUT2D eigenvalue weighted by atomic mass is 10.1. The summed E-state index contributed by atoms with van der Waals surface area (Å²) in [6.45, 7) is 0.425. The Morgan fingerprint density at radius 1 is 1.00 bits per heavy atom. The number of aliphatic carboxylic acids is 1. The monoisotopic (exact) mass is 445 g/mol. The molecule has 4 rings (SSSR count). The zero-order chi connectivity index (χ0) is 22.3. The highest BCUT2D eigenvalue weighted by Gasteiger charge is 2.12. The smallest absolute Gasteiger partial charge is 0.303 e. The Morgan fingerprint density at radius 3 is 2.53 bits per heavy atom. The van der Waals surface area contributed by atoms with Gasteiger partial charge in [-0.1, -0.05) is 48.5 Å². The molecule has 6 heteroatoms. The van der Waals surface area contributed by atoms with E-state index in [1.54, 1.807) is 18.4 Å². The number of para-hydroxylation sites is 1. The van der Waals surface area contributed by atoms with Crippen LogP contribution in [0.1, 0.15) is 29.0 Å². The van der Waals surface area contributed by atoms with Crippen molar-refractivity contribution in [3.8, 4) is 11.5 Å². The normalized spacial score (nSPS) is 11.5. The SMILES string of the molecule is COc1ccc(C=C(CCC(=O)O)c2nc3ccccc3s2)cc1OCc1ccccc1.